The summed E-state index contributed by atoms with van der Waals surface area (Å²) in [6.45, 7) is 5.20. The van der Waals surface area contributed by atoms with E-state index in [4.69, 9.17) is 14.0 Å². The van der Waals surface area contributed by atoms with E-state index in [1.807, 2.05) is 44.4 Å². The SMILES string of the molecule is COc1ccc([C@H]2Cn3cnc(-c4nc(C(C)C)no4)c3CO2)cc1. The summed E-state index contributed by atoms with van der Waals surface area (Å²) in [5, 5.41) is 4.01. The molecule has 1 aliphatic heterocycles. The summed E-state index contributed by atoms with van der Waals surface area (Å²) in [7, 11) is 1.66. The molecule has 0 unspecified atom stereocenters. The molecule has 0 bridgehead atoms. The molecule has 0 N–H and O–H groups in total. The van der Waals surface area contributed by atoms with Crippen LogP contribution in [0, 0.1) is 0 Å². The van der Waals surface area contributed by atoms with Crippen LogP contribution in [0.5, 0.6) is 5.75 Å². The maximum atomic E-state index is 6.05. The summed E-state index contributed by atoms with van der Waals surface area (Å²) in [6.07, 6.45) is 1.79. The standard InChI is InChI=1S/C18H20N4O3/c1-11(2)17-20-18(25-21-17)16-14-9-24-15(8-22(14)10-19-16)12-4-6-13(23-3)7-5-12/h4-7,10-11,15H,8-9H2,1-3H3/t15-/m1/s1. The van der Waals surface area contributed by atoms with E-state index >= 15 is 0 Å². The molecular formula is C18H20N4O3. The molecule has 0 radical (unpaired) electrons. The number of rotatable bonds is 4. The van der Waals surface area contributed by atoms with E-state index in [0.717, 1.165) is 17.0 Å². The number of imidazole rings is 1. The zero-order chi connectivity index (χ0) is 17.4. The summed E-state index contributed by atoms with van der Waals surface area (Å²) in [5.74, 6) is 2.18. The van der Waals surface area contributed by atoms with Gasteiger partial charge in [-0.2, -0.15) is 4.98 Å². The molecule has 0 saturated heterocycles. The lowest BCUT2D eigenvalue weighted by molar-refractivity contribution is 0.00328. The van der Waals surface area contributed by atoms with Crippen molar-refractivity contribution in [2.45, 2.75) is 39.0 Å². The van der Waals surface area contributed by atoms with Gasteiger partial charge in [-0.1, -0.05) is 31.1 Å². The zero-order valence-corrected chi connectivity index (χ0v) is 14.5. The number of benzene rings is 1. The third-order valence-corrected chi connectivity index (χ3v) is 4.38. The monoisotopic (exact) mass is 340 g/mol. The Labute approximate surface area is 145 Å². The lowest BCUT2D eigenvalue weighted by atomic mass is 10.1. The Morgan fingerprint density at radius 1 is 1.24 bits per heavy atom. The van der Waals surface area contributed by atoms with Gasteiger partial charge in [0.1, 0.15) is 11.9 Å². The van der Waals surface area contributed by atoms with Crippen molar-refractivity contribution in [3.63, 3.8) is 0 Å². The van der Waals surface area contributed by atoms with Gasteiger partial charge in [-0.25, -0.2) is 4.98 Å². The normalized spacial score (nSPS) is 16.9. The summed E-state index contributed by atoms with van der Waals surface area (Å²) in [5.41, 5.74) is 2.78. The fourth-order valence-electron chi connectivity index (χ4n) is 2.89. The summed E-state index contributed by atoms with van der Waals surface area (Å²) < 4.78 is 18.7. The largest absolute Gasteiger partial charge is 0.497 e. The number of ether oxygens (including phenoxy) is 2. The Hall–Kier alpha value is -2.67. The van der Waals surface area contributed by atoms with Crippen molar-refractivity contribution in [1.29, 1.82) is 0 Å². The van der Waals surface area contributed by atoms with Crippen LogP contribution in [0.25, 0.3) is 11.6 Å². The molecule has 1 aromatic carbocycles. The predicted octanol–water partition coefficient (Wildman–Crippen LogP) is 3.34. The van der Waals surface area contributed by atoms with Crippen LogP contribution in [0.2, 0.25) is 0 Å². The Morgan fingerprint density at radius 3 is 2.72 bits per heavy atom. The molecule has 1 aliphatic rings. The second-order valence-electron chi connectivity index (χ2n) is 6.38. The van der Waals surface area contributed by atoms with Crippen molar-refractivity contribution >= 4 is 0 Å². The topological polar surface area (TPSA) is 75.2 Å². The zero-order valence-electron chi connectivity index (χ0n) is 14.5. The van der Waals surface area contributed by atoms with Gasteiger partial charge in [0.05, 0.1) is 32.3 Å². The lowest BCUT2D eigenvalue weighted by Gasteiger charge is -2.25. The molecule has 130 valence electrons. The van der Waals surface area contributed by atoms with Crippen molar-refractivity contribution in [1.82, 2.24) is 19.7 Å². The van der Waals surface area contributed by atoms with Gasteiger partial charge >= 0.3 is 0 Å². The first-order valence-corrected chi connectivity index (χ1v) is 8.29. The van der Waals surface area contributed by atoms with Crippen molar-refractivity contribution in [3.05, 3.63) is 47.7 Å². The molecule has 3 heterocycles. The summed E-state index contributed by atoms with van der Waals surface area (Å²) >= 11 is 0. The van der Waals surface area contributed by atoms with Crippen molar-refractivity contribution in [2.75, 3.05) is 7.11 Å². The average Bonchev–Trinajstić information content (AvgIpc) is 3.28. The van der Waals surface area contributed by atoms with E-state index in [0.29, 0.717) is 30.6 Å². The predicted molar refractivity (Wildman–Crippen MR) is 90.1 cm³/mol. The smallest absolute Gasteiger partial charge is 0.278 e. The Balaban J connectivity index is 1.57. The minimum atomic E-state index is -0.0191. The summed E-state index contributed by atoms with van der Waals surface area (Å²) in [6, 6.07) is 7.94. The Kier molecular flexibility index (Phi) is 4.01. The Bertz CT molecular complexity index is 867. The molecule has 25 heavy (non-hydrogen) atoms. The fraction of sp³-hybridized carbons (Fsp3) is 0.389. The minimum absolute atomic E-state index is 0.0191. The highest BCUT2D eigenvalue weighted by molar-refractivity contribution is 5.51. The van der Waals surface area contributed by atoms with E-state index in [1.54, 1.807) is 7.11 Å². The van der Waals surface area contributed by atoms with Gasteiger partial charge in [-0.3, -0.25) is 0 Å². The second-order valence-corrected chi connectivity index (χ2v) is 6.38. The van der Waals surface area contributed by atoms with Crippen LogP contribution in [-0.4, -0.2) is 26.8 Å². The van der Waals surface area contributed by atoms with Gasteiger partial charge in [0.15, 0.2) is 11.5 Å². The van der Waals surface area contributed by atoms with E-state index in [1.165, 1.54) is 0 Å². The third kappa shape index (κ3) is 2.91. The number of methoxy groups -OCH3 is 1. The number of hydrogen-bond acceptors (Lipinski definition) is 6. The maximum absolute atomic E-state index is 6.05. The van der Waals surface area contributed by atoms with Crippen LogP contribution < -0.4 is 4.74 Å². The molecule has 7 heteroatoms. The first-order chi connectivity index (χ1) is 12.2. The third-order valence-electron chi connectivity index (χ3n) is 4.38. The number of aromatic nitrogens is 4. The first-order valence-electron chi connectivity index (χ1n) is 8.29. The molecule has 2 aromatic heterocycles. The molecular weight excluding hydrogens is 320 g/mol. The molecule has 1 atom stereocenters. The van der Waals surface area contributed by atoms with Gasteiger partial charge in [0.2, 0.25) is 0 Å². The van der Waals surface area contributed by atoms with Gasteiger partial charge in [-0.15, -0.1) is 0 Å². The van der Waals surface area contributed by atoms with E-state index in [9.17, 15) is 0 Å². The van der Waals surface area contributed by atoms with Gasteiger partial charge in [0, 0.05) is 5.92 Å². The number of nitrogens with zero attached hydrogens (tertiary/aromatic N) is 4. The van der Waals surface area contributed by atoms with Crippen LogP contribution in [0.3, 0.4) is 0 Å². The molecule has 7 nitrogen and oxygen atoms in total. The highest BCUT2D eigenvalue weighted by Gasteiger charge is 2.26. The quantitative estimate of drug-likeness (QED) is 0.725. The first kappa shape index (κ1) is 15.8. The molecule has 0 saturated carbocycles. The molecule has 0 fully saturated rings. The number of hydrogen-bond donors (Lipinski definition) is 0. The van der Waals surface area contributed by atoms with Crippen LogP contribution in [0.15, 0.2) is 35.1 Å². The van der Waals surface area contributed by atoms with Crippen LogP contribution in [0.1, 0.15) is 43.0 Å². The lowest BCUT2D eigenvalue weighted by Crippen LogP contribution is -2.20. The molecule has 4 rings (SSSR count). The molecule has 0 spiro atoms. The second kappa shape index (κ2) is 6.33. The van der Waals surface area contributed by atoms with Crippen LogP contribution in [-0.2, 0) is 17.9 Å². The average molecular weight is 340 g/mol. The van der Waals surface area contributed by atoms with Crippen LogP contribution in [0.4, 0.5) is 0 Å². The van der Waals surface area contributed by atoms with Crippen LogP contribution >= 0.6 is 0 Å². The molecule has 0 amide bonds. The van der Waals surface area contributed by atoms with Crippen molar-refractivity contribution in [2.24, 2.45) is 0 Å². The van der Waals surface area contributed by atoms with Crippen molar-refractivity contribution < 1.29 is 14.0 Å². The van der Waals surface area contributed by atoms with Gasteiger partial charge < -0.3 is 18.6 Å². The van der Waals surface area contributed by atoms with E-state index < -0.39 is 0 Å². The fourth-order valence-corrected chi connectivity index (χ4v) is 2.89. The maximum Gasteiger partial charge on any atom is 0.278 e. The highest BCUT2D eigenvalue weighted by atomic mass is 16.5. The Morgan fingerprint density at radius 2 is 2.04 bits per heavy atom. The molecule has 0 aliphatic carbocycles. The van der Waals surface area contributed by atoms with Gasteiger partial charge in [0.25, 0.3) is 5.89 Å². The van der Waals surface area contributed by atoms with Gasteiger partial charge in [-0.05, 0) is 17.7 Å². The highest BCUT2D eigenvalue weighted by Crippen LogP contribution is 2.32. The summed E-state index contributed by atoms with van der Waals surface area (Å²) in [4.78, 5) is 8.90. The number of fused-ring (bicyclic) bond motifs is 1. The van der Waals surface area contributed by atoms with Crippen molar-refractivity contribution in [3.8, 4) is 17.3 Å². The minimum Gasteiger partial charge on any atom is -0.497 e. The van der Waals surface area contributed by atoms with E-state index in [2.05, 4.69) is 19.7 Å². The van der Waals surface area contributed by atoms with E-state index in [-0.39, 0.29) is 12.0 Å². The molecule has 3 aromatic rings.